The van der Waals surface area contributed by atoms with Crippen molar-refractivity contribution in [2.75, 3.05) is 38.3 Å². The minimum atomic E-state index is -3.15. The molecule has 0 aliphatic carbocycles. The third-order valence-electron chi connectivity index (χ3n) is 2.93. The van der Waals surface area contributed by atoms with Crippen LogP contribution in [-0.4, -0.2) is 62.2 Å². The van der Waals surface area contributed by atoms with Crippen LogP contribution < -0.4 is 9.64 Å². The lowest BCUT2D eigenvalue weighted by Gasteiger charge is -2.18. The van der Waals surface area contributed by atoms with E-state index < -0.39 is 10.0 Å². The number of hydrogen-bond donors (Lipinski definition) is 0. The summed E-state index contributed by atoms with van der Waals surface area (Å²) in [5, 5.41) is 0. The zero-order chi connectivity index (χ0) is 14.0. The van der Waals surface area contributed by atoms with E-state index in [4.69, 9.17) is 4.74 Å². The summed E-state index contributed by atoms with van der Waals surface area (Å²) in [7, 11) is 0.564. The van der Waals surface area contributed by atoms with Gasteiger partial charge in [0.2, 0.25) is 10.0 Å². The molecule has 1 aromatic heterocycles. The highest BCUT2D eigenvalue weighted by Crippen LogP contribution is 2.24. The maximum atomic E-state index is 11.4. The summed E-state index contributed by atoms with van der Waals surface area (Å²) in [4.78, 5) is 10.2. The van der Waals surface area contributed by atoms with Gasteiger partial charge in [0.05, 0.1) is 12.8 Å². The number of anilines is 1. The van der Waals surface area contributed by atoms with Gasteiger partial charge in [0, 0.05) is 33.0 Å². The van der Waals surface area contributed by atoms with Crippen molar-refractivity contribution in [3.8, 4) is 5.88 Å². The summed E-state index contributed by atoms with van der Waals surface area (Å²) in [5.41, 5.74) is 0. The highest BCUT2D eigenvalue weighted by molar-refractivity contribution is 7.88. The first kappa shape index (κ1) is 14.0. The molecule has 0 bridgehead atoms. The molecule has 19 heavy (non-hydrogen) atoms. The molecule has 0 radical (unpaired) electrons. The van der Waals surface area contributed by atoms with Crippen molar-refractivity contribution in [2.24, 2.45) is 0 Å². The van der Waals surface area contributed by atoms with Crippen molar-refractivity contribution in [1.82, 2.24) is 14.3 Å². The fraction of sp³-hybridized carbons (Fsp3) is 0.636. The predicted molar refractivity (Wildman–Crippen MR) is 71.8 cm³/mol. The van der Waals surface area contributed by atoms with Crippen molar-refractivity contribution in [3.63, 3.8) is 0 Å². The van der Waals surface area contributed by atoms with E-state index in [1.807, 2.05) is 19.0 Å². The molecule has 1 aliphatic heterocycles. The van der Waals surface area contributed by atoms with Crippen LogP contribution >= 0.6 is 0 Å². The Bertz CT molecular complexity index is 547. The molecular weight excluding hydrogens is 268 g/mol. The average molecular weight is 286 g/mol. The van der Waals surface area contributed by atoms with Crippen LogP contribution in [0, 0.1) is 0 Å². The molecule has 106 valence electrons. The van der Waals surface area contributed by atoms with E-state index in [2.05, 4.69) is 9.97 Å². The first-order valence-electron chi connectivity index (χ1n) is 5.98. The molecule has 1 aliphatic rings. The number of nitrogens with zero attached hydrogens (tertiary/aromatic N) is 4. The van der Waals surface area contributed by atoms with Crippen LogP contribution in [0.1, 0.15) is 6.42 Å². The summed E-state index contributed by atoms with van der Waals surface area (Å²) in [6, 6.07) is 0. The summed E-state index contributed by atoms with van der Waals surface area (Å²) in [5.74, 6) is 1.08. The smallest absolute Gasteiger partial charge is 0.257 e. The maximum Gasteiger partial charge on any atom is 0.257 e. The molecular formula is C11H18N4O3S. The van der Waals surface area contributed by atoms with E-state index in [-0.39, 0.29) is 6.10 Å². The standard InChI is InChI=1S/C11H18N4O3S/c1-14(2)10-11(13-6-5-12-10)18-9-4-7-15(8-9)19(3,16)17/h5-6,9H,4,7-8H2,1-3H3. The van der Waals surface area contributed by atoms with Gasteiger partial charge in [-0.1, -0.05) is 0 Å². The molecule has 7 nitrogen and oxygen atoms in total. The SMILES string of the molecule is CN(C)c1nccnc1OC1CCN(S(C)(=O)=O)C1. The highest BCUT2D eigenvalue weighted by atomic mass is 32.2. The van der Waals surface area contributed by atoms with Crippen molar-refractivity contribution in [2.45, 2.75) is 12.5 Å². The van der Waals surface area contributed by atoms with E-state index in [1.165, 1.54) is 10.6 Å². The van der Waals surface area contributed by atoms with Crippen LogP contribution in [0.2, 0.25) is 0 Å². The third-order valence-corrected chi connectivity index (χ3v) is 4.19. The van der Waals surface area contributed by atoms with Gasteiger partial charge in [-0.05, 0) is 6.42 Å². The molecule has 0 N–H and O–H groups in total. The van der Waals surface area contributed by atoms with E-state index in [1.54, 1.807) is 12.4 Å². The Kier molecular flexibility index (Phi) is 3.91. The molecule has 8 heteroatoms. The lowest BCUT2D eigenvalue weighted by atomic mass is 10.3. The first-order valence-corrected chi connectivity index (χ1v) is 7.83. The Morgan fingerprint density at radius 3 is 2.63 bits per heavy atom. The molecule has 0 spiro atoms. The van der Waals surface area contributed by atoms with Gasteiger partial charge < -0.3 is 9.64 Å². The van der Waals surface area contributed by atoms with Gasteiger partial charge in [-0.2, -0.15) is 4.31 Å². The Labute approximate surface area is 113 Å². The first-order chi connectivity index (χ1) is 8.88. The quantitative estimate of drug-likeness (QED) is 0.773. The highest BCUT2D eigenvalue weighted by Gasteiger charge is 2.30. The van der Waals surface area contributed by atoms with Crippen LogP contribution in [0.4, 0.5) is 5.82 Å². The van der Waals surface area contributed by atoms with Crippen LogP contribution in [-0.2, 0) is 10.0 Å². The Hall–Kier alpha value is -1.41. The van der Waals surface area contributed by atoms with Crippen molar-refractivity contribution in [3.05, 3.63) is 12.4 Å². The second-order valence-corrected chi connectivity index (χ2v) is 6.71. The minimum Gasteiger partial charge on any atom is -0.470 e. The number of ether oxygens (including phenoxy) is 1. The number of hydrogen-bond acceptors (Lipinski definition) is 6. The molecule has 0 amide bonds. The van der Waals surface area contributed by atoms with Gasteiger partial charge in [0.1, 0.15) is 6.10 Å². The minimum absolute atomic E-state index is 0.176. The second-order valence-electron chi connectivity index (χ2n) is 4.73. The summed E-state index contributed by atoms with van der Waals surface area (Å²) in [6.07, 6.45) is 4.86. The van der Waals surface area contributed by atoms with Gasteiger partial charge in [-0.3, -0.25) is 0 Å². The van der Waals surface area contributed by atoms with Gasteiger partial charge in [-0.25, -0.2) is 18.4 Å². The third kappa shape index (κ3) is 3.32. The van der Waals surface area contributed by atoms with Crippen molar-refractivity contribution < 1.29 is 13.2 Å². The second kappa shape index (κ2) is 5.30. The Balaban J connectivity index is 2.08. The Morgan fingerprint density at radius 1 is 1.37 bits per heavy atom. The van der Waals surface area contributed by atoms with Gasteiger partial charge in [0.25, 0.3) is 5.88 Å². The summed E-state index contributed by atoms with van der Waals surface area (Å²) < 4.78 is 30.1. The van der Waals surface area contributed by atoms with Gasteiger partial charge in [-0.15, -0.1) is 0 Å². The topological polar surface area (TPSA) is 75.6 Å². The molecule has 1 atom stereocenters. The van der Waals surface area contributed by atoms with Crippen molar-refractivity contribution >= 4 is 15.8 Å². The average Bonchev–Trinajstić information content (AvgIpc) is 2.77. The van der Waals surface area contributed by atoms with Crippen LogP contribution in [0.15, 0.2) is 12.4 Å². The monoisotopic (exact) mass is 286 g/mol. The Morgan fingerprint density at radius 2 is 2.05 bits per heavy atom. The summed E-state index contributed by atoms with van der Waals surface area (Å²) >= 11 is 0. The molecule has 1 saturated heterocycles. The number of rotatable bonds is 4. The van der Waals surface area contributed by atoms with E-state index >= 15 is 0 Å². The van der Waals surface area contributed by atoms with Gasteiger partial charge in [0.15, 0.2) is 5.82 Å². The van der Waals surface area contributed by atoms with E-state index in [9.17, 15) is 8.42 Å². The fourth-order valence-electron chi connectivity index (χ4n) is 1.96. The fourth-order valence-corrected chi connectivity index (χ4v) is 2.83. The molecule has 0 aromatic carbocycles. The zero-order valence-electron chi connectivity index (χ0n) is 11.3. The van der Waals surface area contributed by atoms with Crippen LogP contribution in [0.25, 0.3) is 0 Å². The lowest BCUT2D eigenvalue weighted by molar-refractivity contribution is 0.207. The molecule has 1 fully saturated rings. The van der Waals surface area contributed by atoms with Crippen LogP contribution in [0.3, 0.4) is 0 Å². The van der Waals surface area contributed by atoms with Crippen LogP contribution in [0.5, 0.6) is 5.88 Å². The molecule has 2 heterocycles. The van der Waals surface area contributed by atoms with E-state index in [0.717, 1.165) is 0 Å². The number of aromatic nitrogens is 2. The van der Waals surface area contributed by atoms with Crippen molar-refractivity contribution in [1.29, 1.82) is 0 Å². The molecule has 0 saturated carbocycles. The summed E-state index contributed by atoms with van der Waals surface area (Å²) in [6.45, 7) is 0.851. The molecule has 2 rings (SSSR count). The molecule has 1 aromatic rings. The molecule has 1 unspecified atom stereocenters. The maximum absolute atomic E-state index is 11.4. The van der Waals surface area contributed by atoms with E-state index in [0.29, 0.717) is 31.2 Å². The van der Waals surface area contributed by atoms with Gasteiger partial charge >= 0.3 is 0 Å². The lowest BCUT2D eigenvalue weighted by Crippen LogP contribution is -2.30. The zero-order valence-corrected chi connectivity index (χ0v) is 12.1. The largest absolute Gasteiger partial charge is 0.470 e. The number of sulfonamides is 1. The predicted octanol–water partition coefficient (Wildman–Crippen LogP) is -0.0447. The normalized spacial score (nSPS) is 20.5.